The molecule has 13 heteroatoms. The molecule has 0 radical (unpaired) electrons. The molecule has 5 heterocycles. The molecule has 0 amide bonds. The minimum Gasteiger partial charge on any atom is -0.455 e. The van der Waals surface area contributed by atoms with Crippen molar-refractivity contribution in [3.05, 3.63) is 12.7 Å². The molecule has 2 aromatic rings. The van der Waals surface area contributed by atoms with Crippen LogP contribution in [0.25, 0.3) is 11.2 Å². The van der Waals surface area contributed by atoms with Crippen LogP contribution in [0.15, 0.2) is 12.7 Å². The van der Waals surface area contributed by atoms with Crippen molar-refractivity contribution in [2.75, 3.05) is 58.0 Å². The molecule has 4 atom stereocenters. The summed E-state index contributed by atoms with van der Waals surface area (Å²) in [5.74, 6) is -0.145. The molecular formula is C25H37N7O5S. The van der Waals surface area contributed by atoms with E-state index in [9.17, 15) is 9.59 Å². The monoisotopic (exact) mass is 547 g/mol. The zero-order valence-electron chi connectivity index (χ0n) is 22.2. The highest BCUT2D eigenvalue weighted by Crippen LogP contribution is 2.38. The van der Waals surface area contributed by atoms with E-state index in [1.807, 2.05) is 13.3 Å². The van der Waals surface area contributed by atoms with Crippen LogP contribution in [-0.2, 0) is 23.8 Å². The van der Waals surface area contributed by atoms with Gasteiger partial charge in [-0.3, -0.25) is 14.2 Å². The van der Waals surface area contributed by atoms with Crippen molar-refractivity contribution < 1.29 is 23.8 Å². The van der Waals surface area contributed by atoms with E-state index in [0.717, 1.165) is 51.9 Å². The van der Waals surface area contributed by atoms with Gasteiger partial charge in [0.15, 0.2) is 29.9 Å². The molecule has 3 fully saturated rings. The highest BCUT2D eigenvalue weighted by molar-refractivity contribution is 7.98. The Kier molecular flexibility index (Phi) is 8.36. The van der Waals surface area contributed by atoms with Gasteiger partial charge in [0.25, 0.3) is 0 Å². The van der Waals surface area contributed by atoms with Gasteiger partial charge in [-0.05, 0) is 72.2 Å². The summed E-state index contributed by atoms with van der Waals surface area (Å²) >= 11 is 1.58. The second-order valence-corrected chi connectivity index (χ2v) is 11.5. The normalized spacial score (nSPS) is 28.1. The number of carbonyl (C=O) groups excluding carboxylic acids is 2. The lowest BCUT2D eigenvalue weighted by Gasteiger charge is -2.32. The predicted molar refractivity (Wildman–Crippen MR) is 142 cm³/mol. The molecule has 0 spiro atoms. The van der Waals surface area contributed by atoms with E-state index in [1.165, 1.54) is 6.33 Å². The van der Waals surface area contributed by atoms with E-state index in [2.05, 4.69) is 31.8 Å². The molecule has 208 valence electrons. The Balaban J connectivity index is 1.44. The van der Waals surface area contributed by atoms with Crippen LogP contribution in [0.1, 0.15) is 31.9 Å². The molecule has 12 nitrogen and oxygen atoms in total. The number of hydrogen-bond acceptors (Lipinski definition) is 12. The number of nitrogen functional groups attached to an aromatic ring is 1. The number of nitrogens with two attached hydrogens (primary N) is 1. The standard InChI is InChI=1S/C25H37N7O5S/c1-30-8-4-15(5-9-30)24(33)36-19-17(12-38-3)35-23(32-14-29-18-21(26)27-13-28-22(18)32)20(19)37-25(34)16-6-10-31(2)11-7-16/h13-17,19-20,23H,4-12H2,1-3H3,(H2,26,27,28). The van der Waals surface area contributed by atoms with E-state index in [4.69, 9.17) is 19.9 Å². The first-order chi connectivity index (χ1) is 18.4. The highest BCUT2D eigenvalue weighted by Gasteiger charge is 2.51. The summed E-state index contributed by atoms with van der Waals surface area (Å²) < 4.78 is 20.5. The average Bonchev–Trinajstić information content (AvgIpc) is 3.47. The molecule has 38 heavy (non-hydrogen) atoms. The summed E-state index contributed by atoms with van der Waals surface area (Å²) in [7, 11) is 4.10. The van der Waals surface area contributed by atoms with Crippen LogP contribution in [0.3, 0.4) is 0 Å². The Morgan fingerprint density at radius 1 is 0.974 bits per heavy atom. The molecule has 0 aromatic carbocycles. The second-order valence-electron chi connectivity index (χ2n) is 10.6. The number of esters is 2. The largest absolute Gasteiger partial charge is 0.455 e. The Labute approximate surface area is 226 Å². The number of likely N-dealkylation sites (tertiary alicyclic amines) is 2. The predicted octanol–water partition coefficient (Wildman–Crippen LogP) is 1.18. The molecule has 3 aliphatic rings. The van der Waals surface area contributed by atoms with Crippen LogP contribution >= 0.6 is 11.8 Å². The van der Waals surface area contributed by atoms with Crippen molar-refractivity contribution in [3.8, 4) is 0 Å². The number of fused-ring (bicyclic) bond motifs is 1. The van der Waals surface area contributed by atoms with Crippen LogP contribution in [0.4, 0.5) is 5.82 Å². The quantitative estimate of drug-likeness (QED) is 0.498. The molecule has 2 aromatic heterocycles. The molecule has 0 saturated carbocycles. The molecule has 5 rings (SSSR count). The first-order valence-electron chi connectivity index (χ1n) is 13.2. The number of imidazole rings is 1. The maximum atomic E-state index is 13.4. The van der Waals surface area contributed by atoms with Crippen LogP contribution in [-0.4, -0.2) is 112 Å². The first-order valence-corrected chi connectivity index (χ1v) is 14.6. The summed E-state index contributed by atoms with van der Waals surface area (Å²) in [6, 6.07) is 0. The fourth-order valence-electron chi connectivity index (χ4n) is 5.50. The maximum Gasteiger partial charge on any atom is 0.309 e. The van der Waals surface area contributed by atoms with Crippen molar-refractivity contribution in [1.82, 2.24) is 29.3 Å². The molecule has 3 aliphatic heterocycles. The van der Waals surface area contributed by atoms with Gasteiger partial charge in [0, 0.05) is 5.75 Å². The second kappa shape index (κ2) is 11.7. The lowest BCUT2D eigenvalue weighted by atomic mass is 9.97. The highest BCUT2D eigenvalue weighted by atomic mass is 32.2. The van der Waals surface area contributed by atoms with Gasteiger partial charge in [0.1, 0.15) is 17.9 Å². The van der Waals surface area contributed by atoms with Crippen LogP contribution in [0.5, 0.6) is 0 Å². The molecule has 2 N–H and O–H groups in total. The Morgan fingerprint density at radius 3 is 2.13 bits per heavy atom. The van der Waals surface area contributed by atoms with E-state index in [1.54, 1.807) is 22.7 Å². The number of hydrogen-bond donors (Lipinski definition) is 1. The van der Waals surface area contributed by atoms with Crippen LogP contribution in [0.2, 0.25) is 0 Å². The van der Waals surface area contributed by atoms with Crippen molar-refractivity contribution in [2.45, 2.75) is 50.2 Å². The number of aromatic nitrogens is 4. The topological polar surface area (TPSA) is 138 Å². The summed E-state index contributed by atoms with van der Waals surface area (Å²) in [5.41, 5.74) is 6.92. The lowest BCUT2D eigenvalue weighted by molar-refractivity contribution is -0.175. The number of thioether (sulfide) groups is 1. The molecule has 0 bridgehead atoms. The molecule has 0 aliphatic carbocycles. The number of piperidine rings is 2. The number of nitrogens with zero attached hydrogens (tertiary/aromatic N) is 6. The fraction of sp³-hybridized carbons (Fsp3) is 0.720. The van der Waals surface area contributed by atoms with Crippen LogP contribution in [0, 0.1) is 11.8 Å². The van der Waals surface area contributed by atoms with Gasteiger partial charge in [-0.2, -0.15) is 11.8 Å². The van der Waals surface area contributed by atoms with Gasteiger partial charge in [-0.25, -0.2) is 15.0 Å². The van der Waals surface area contributed by atoms with Crippen molar-refractivity contribution >= 4 is 40.7 Å². The zero-order valence-corrected chi connectivity index (χ0v) is 23.0. The molecule has 4 unspecified atom stereocenters. The van der Waals surface area contributed by atoms with Crippen LogP contribution < -0.4 is 5.73 Å². The Hall–Kier alpha value is -2.48. The first kappa shape index (κ1) is 27.1. The van der Waals surface area contributed by atoms with Gasteiger partial charge in [-0.1, -0.05) is 0 Å². The lowest BCUT2D eigenvalue weighted by Crippen LogP contribution is -2.44. The van der Waals surface area contributed by atoms with E-state index in [0.29, 0.717) is 16.9 Å². The summed E-state index contributed by atoms with van der Waals surface area (Å²) in [6.45, 7) is 3.34. The van der Waals surface area contributed by atoms with Gasteiger partial charge in [0.2, 0.25) is 0 Å². The third-order valence-electron chi connectivity index (χ3n) is 7.89. The smallest absolute Gasteiger partial charge is 0.309 e. The summed E-state index contributed by atoms with van der Waals surface area (Å²) in [6.07, 6.45) is 4.94. The van der Waals surface area contributed by atoms with Crippen molar-refractivity contribution in [2.24, 2.45) is 11.8 Å². The Bertz CT molecular complexity index is 1130. The van der Waals surface area contributed by atoms with Gasteiger partial charge < -0.3 is 29.7 Å². The summed E-state index contributed by atoms with van der Waals surface area (Å²) in [5, 5.41) is 0. The zero-order chi connectivity index (χ0) is 26.8. The third-order valence-corrected chi connectivity index (χ3v) is 8.55. The molecular weight excluding hydrogens is 510 g/mol. The summed E-state index contributed by atoms with van der Waals surface area (Å²) in [4.78, 5) is 43.9. The minimum absolute atomic E-state index is 0.188. The van der Waals surface area contributed by atoms with E-state index >= 15 is 0 Å². The van der Waals surface area contributed by atoms with Crippen molar-refractivity contribution in [1.29, 1.82) is 0 Å². The Morgan fingerprint density at radius 2 is 1.55 bits per heavy atom. The third kappa shape index (κ3) is 5.61. The van der Waals surface area contributed by atoms with Gasteiger partial charge in [-0.15, -0.1) is 0 Å². The van der Waals surface area contributed by atoms with E-state index < -0.39 is 24.5 Å². The van der Waals surface area contributed by atoms with Crippen molar-refractivity contribution in [3.63, 3.8) is 0 Å². The number of rotatable bonds is 7. The fourth-order valence-corrected chi connectivity index (χ4v) is 6.10. The SMILES string of the molecule is CSCC1OC(n2cnc3c(N)ncnc32)C(OC(=O)C2CCN(C)CC2)C1OC(=O)C1CCN(C)CC1. The van der Waals surface area contributed by atoms with Gasteiger partial charge in [0.05, 0.1) is 18.2 Å². The van der Waals surface area contributed by atoms with Gasteiger partial charge >= 0.3 is 11.9 Å². The van der Waals surface area contributed by atoms with E-state index in [-0.39, 0.29) is 29.6 Å². The number of anilines is 1. The number of carbonyl (C=O) groups is 2. The molecule has 3 saturated heterocycles. The maximum absolute atomic E-state index is 13.4. The minimum atomic E-state index is -0.858. The average molecular weight is 548 g/mol. The number of ether oxygens (including phenoxy) is 3.